The van der Waals surface area contributed by atoms with E-state index in [-0.39, 0.29) is 0 Å². The molecule has 0 unspecified atom stereocenters. The summed E-state index contributed by atoms with van der Waals surface area (Å²) in [5, 5.41) is 0. The Kier molecular flexibility index (Phi) is 6.29. The SMILES string of the molecule is O=S(=O)(OCCCOS(=O)(=O)C(F)F)C(F)F. The van der Waals surface area contributed by atoms with Gasteiger partial charge in [0.1, 0.15) is 0 Å². The van der Waals surface area contributed by atoms with Crippen molar-refractivity contribution in [2.24, 2.45) is 0 Å². The molecule has 0 N–H and O–H groups in total. The molecule has 0 aliphatic carbocycles. The topological polar surface area (TPSA) is 86.7 Å². The Labute approximate surface area is 94.8 Å². The highest BCUT2D eigenvalue weighted by Crippen LogP contribution is 2.09. The van der Waals surface area contributed by atoms with Crippen molar-refractivity contribution in [1.29, 1.82) is 0 Å². The summed E-state index contributed by atoms with van der Waals surface area (Å²) in [6, 6.07) is 0. The fourth-order valence-corrected chi connectivity index (χ4v) is 1.42. The third-order valence-corrected chi connectivity index (χ3v) is 3.08. The molecule has 0 aromatic rings. The van der Waals surface area contributed by atoms with Crippen LogP contribution in [0.5, 0.6) is 0 Å². The van der Waals surface area contributed by atoms with Gasteiger partial charge < -0.3 is 0 Å². The van der Waals surface area contributed by atoms with E-state index in [0.29, 0.717) is 0 Å². The number of rotatable bonds is 8. The average molecular weight is 304 g/mol. The first kappa shape index (κ1) is 16.5. The average Bonchev–Trinajstić information content (AvgIpc) is 2.16. The predicted octanol–water partition coefficient (Wildman–Crippen LogP) is 0.515. The number of hydrogen-bond acceptors (Lipinski definition) is 6. The minimum Gasteiger partial charge on any atom is -0.266 e. The van der Waals surface area contributed by atoms with Gasteiger partial charge in [0.25, 0.3) is 0 Å². The third-order valence-electron chi connectivity index (χ3n) is 1.22. The number of halogens is 4. The van der Waals surface area contributed by atoms with Crippen LogP contribution < -0.4 is 0 Å². The number of hydrogen-bond donors (Lipinski definition) is 0. The van der Waals surface area contributed by atoms with Crippen LogP contribution in [0.15, 0.2) is 0 Å². The molecule has 0 spiro atoms. The lowest BCUT2D eigenvalue weighted by atomic mass is 10.5. The molecule has 6 nitrogen and oxygen atoms in total. The lowest BCUT2D eigenvalue weighted by Crippen LogP contribution is -2.18. The molecule has 0 amide bonds. The van der Waals surface area contributed by atoms with Gasteiger partial charge in [-0.2, -0.15) is 34.4 Å². The van der Waals surface area contributed by atoms with Crippen molar-refractivity contribution in [2.45, 2.75) is 17.9 Å². The molecule has 0 fully saturated rings. The van der Waals surface area contributed by atoms with E-state index >= 15 is 0 Å². The maximum Gasteiger partial charge on any atom is 0.361 e. The highest BCUT2D eigenvalue weighted by molar-refractivity contribution is 7.87. The summed E-state index contributed by atoms with van der Waals surface area (Å²) in [5.41, 5.74) is 0. The zero-order valence-corrected chi connectivity index (χ0v) is 9.69. The fraction of sp³-hybridized carbons (Fsp3) is 1.00. The first-order valence-corrected chi connectivity index (χ1v) is 6.86. The Balaban J connectivity index is 3.90. The summed E-state index contributed by atoms with van der Waals surface area (Å²) in [7, 11) is -10.0. The van der Waals surface area contributed by atoms with Crippen LogP contribution in [0, 0.1) is 0 Å². The Morgan fingerprint density at radius 1 is 0.765 bits per heavy atom. The lowest BCUT2D eigenvalue weighted by Gasteiger charge is -2.05. The second kappa shape index (κ2) is 6.47. The van der Waals surface area contributed by atoms with Gasteiger partial charge in [-0.1, -0.05) is 0 Å². The van der Waals surface area contributed by atoms with Crippen molar-refractivity contribution in [3.05, 3.63) is 0 Å². The van der Waals surface area contributed by atoms with E-state index in [1.807, 2.05) is 0 Å². The summed E-state index contributed by atoms with van der Waals surface area (Å²) in [5.74, 6) is -7.46. The molecule has 0 aromatic carbocycles. The Hall–Kier alpha value is -0.460. The first-order chi connectivity index (χ1) is 7.59. The van der Waals surface area contributed by atoms with Crippen LogP contribution >= 0.6 is 0 Å². The first-order valence-electron chi connectivity index (χ1n) is 3.92. The molecule has 104 valence electrons. The van der Waals surface area contributed by atoms with Crippen molar-refractivity contribution in [3.63, 3.8) is 0 Å². The molecule has 0 saturated carbocycles. The molecule has 0 aliphatic heterocycles. The highest BCUT2D eigenvalue weighted by atomic mass is 32.2. The van der Waals surface area contributed by atoms with Gasteiger partial charge in [-0.05, 0) is 6.42 Å². The van der Waals surface area contributed by atoms with E-state index in [0.717, 1.165) is 0 Å². The molecular weight excluding hydrogens is 296 g/mol. The summed E-state index contributed by atoms with van der Waals surface area (Å²) >= 11 is 0. The Bertz CT molecular complexity index is 376. The minimum absolute atomic E-state index is 0.460. The van der Waals surface area contributed by atoms with Crippen LogP contribution in [0.2, 0.25) is 0 Å². The Morgan fingerprint density at radius 2 is 1.06 bits per heavy atom. The van der Waals surface area contributed by atoms with E-state index < -0.39 is 51.4 Å². The molecule has 0 saturated heterocycles. The fourth-order valence-electron chi connectivity index (χ4n) is 0.512. The van der Waals surface area contributed by atoms with Gasteiger partial charge >= 0.3 is 31.8 Å². The van der Waals surface area contributed by atoms with Gasteiger partial charge in [0, 0.05) is 0 Å². The van der Waals surface area contributed by atoms with Crippen molar-refractivity contribution >= 4 is 20.2 Å². The highest BCUT2D eigenvalue weighted by Gasteiger charge is 2.26. The van der Waals surface area contributed by atoms with Crippen LogP contribution in [0.3, 0.4) is 0 Å². The van der Waals surface area contributed by atoms with Gasteiger partial charge in [0.15, 0.2) is 0 Å². The molecule has 12 heteroatoms. The molecule has 0 radical (unpaired) electrons. The standard InChI is InChI=1S/C5H8F4O6S2/c6-4(7)16(10,11)14-2-1-3-15-17(12,13)5(8)9/h4-5H,1-3H2. The second-order valence-corrected chi connectivity index (χ2v) is 5.66. The summed E-state index contributed by atoms with van der Waals surface area (Å²) < 4.78 is 95.6. The van der Waals surface area contributed by atoms with Crippen LogP contribution in [0.1, 0.15) is 6.42 Å². The van der Waals surface area contributed by atoms with Gasteiger partial charge in [0.2, 0.25) is 0 Å². The van der Waals surface area contributed by atoms with Gasteiger partial charge in [-0.3, -0.25) is 8.37 Å². The molecule has 0 rings (SSSR count). The Morgan fingerprint density at radius 3 is 1.29 bits per heavy atom. The zero-order valence-electron chi connectivity index (χ0n) is 8.05. The molecule has 0 aliphatic rings. The summed E-state index contributed by atoms with van der Waals surface area (Å²) in [4.78, 5) is 0. The molecule has 0 bridgehead atoms. The lowest BCUT2D eigenvalue weighted by molar-refractivity contribution is 0.177. The summed E-state index contributed by atoms with van der Waals surface area (Å²) in [6.07, 6.45) is -0.460. The van der Waals surface area contributed by atoms with Crippen LogP contribution in [0.4, 0.5) is 17.6 Å². The van der Waals surface area contributed by atoms with E-state index in [1.165, 1.54) is 0 Å². The number of alkyl halides is 4. The van der Waals surface area contributed by atoms with E-state index in [2.05, 4.69) is 8.37 Å². The minimum atomic E-state index is -5.02. The largest absolute Gasteiger partial charge is 0.361 e. The van der Waals surface area contributed by atoms with Crippen LogP contribution in [-0.4, -0.2) is 41.6 Å². The van der Waals surface area contributed by atoms with Gasteiger partial charge in [-0.25, -0.2) is 0 Å². The van der Waals surface area contributed by atoms with E-state index in [4.69, 9.17) is 0 Å². The summed E-state index contributed by atoms with van der Waals surface area (Å²) in [6.45, 7) is -1.60. The second-order valence-electron chi connectivity index (χ2n) is 2.50. The van der Waals surface area contributed by atoms with Crippen molar-refractivity contribution in [3.8, 4) is 0 Å². The van der Waals surface area contributed by atoms with Gasteiger partial charge in [0.05, 0.1) is 13.2 Å². The van der Waals surface area contributed by atoms with Gasteiger partial charge in [-0.15, -0.1) is 0 Å². The molecule has 17 heavy (non-hydrogen) atoms. The maximum atomic E-state index is 11.7. The quantitative estimate of drug-likeness (QED) is 0.369. The van der Waals surface area contributed by atoms with E-state index in [9.17, 15) is 34.4 Å². The van der Waals surface area contributed by atoms with Crippen molar-refractivity contribution in [2.75, 3.05) is 13.2 Å². The van der Waals surface area contributed by atoms with Crippen LogP contribution in [-0.2, 0) is 28.6 Å². The monoisotopic (exact) mass is 304 g/mol. The third kappa shape index (κ3) is 6.14. The molecular formula is C5H8F4O6S2. The van der Waals surface area contributed by atoms with Crippen molar-refractivity contribution in [1.82, 2.24) is 0 Å². The van der Waals surface area contributed by atoms with Crippen molar-refractivity contribution < 1.29 is 42.8 Å². The molecule has 0 heterocycles. The molecule has 0 atom stereocenters. The van der Waals surface area contributed by atoms with E-state index in [1.54, 1.807) is 0 Å². The molecule has 0 aromatic heterocycles. The van der Waals surface area contributed by atoms with Crippen LogP contribution in [0.25, 0.3) is 0 Å². The zero-order chi connectivity index (χ0) is 13.7. The smallest absolute Gasteiger partial charge is 0.266 e. The predicted molar refractivity (Wildman–Crippen MR) is 46.4 cm³/mol. The normalized spacial score (nSPS) is 13.5. The maximum absolute atomic E-state index is 11.7.